The summed E-state index contributed by atoms with van der Waals surface area (Å²) < 4.78 is 26.7. The molecule has 0 saturated carbocycles. The van der Waals surface area contributed by atoms with E-state index in [9.17, 15) is 13.2 Å². The molecular formula is C14H15N3O3S2. The van der Waals surface area contributed by atoms with Crippen LogP contribution in [0, 0.1) is 6.92 Å². The molecule has 1 aliphatic heterocycles. The number of rotatable bonds is 2. The highest BCUT2D eigenvalue weighted by Crippen LogP contribution is 2.41. The summed E-state index contributed by atoms with van der Waals surface area (Å²) in [4.78, 5) is 12.2. The summed E-state index contributed by atoms with van der Waals surface area (Å²) >= 11 is 1.45. The normalized spacial score (nSPS) is 15.8. The number of fused-ring (bicyclic) bond motifs is 1. The predicted molar refractivity (Wildman–Crippen MR) is 89.2 cm³/mol. The molecule has 2 heterocycles. The van der Waals surface area contributed by atoms with Crippen molar-refractivity contribution in [1.82, 2.24) is 0 Å². The van der Waals surface area contributed by atoms with Crippen molar-refractivity contribution >= 4 is 44.5 Å². The Bertz CT molecular complexity index is 844. The second-order valence-corrected chi connectivity index (χ2v) is 7.84. The maximum absolute atomic E-state index is 12.2. The van der Waals surface area contributed by atoms with E-state index >= 15 is 0 Å². The largest absolute Gasteiger partial charge is 0.326 e. The van der Waals surface area contributed by atoms with Gasteiger partial charge in [0.25, 0.3) is 5.91 Å². The molecule has 0 aliphatic carbocycles. The Labute approximate surface area is 133 Å². The van der Waals surface area contributed by atoms with Crippen LogP contribution >= 0.6 is 11.3 Å². The highest BCUT2D eigenvalue weighted by molar-refractivity contribution is 7.94. The number of aryl methyl sites for hydroxylation is 1. The number of anilines is 3. The van der Waals surface area contributed by atoms with Crippen LogP contribution in [0.5, 0.6) is 0 Å². The van der Waals surface area contributed by atoms with Crippen molar-refractivity contribution in [2.24, 2.45) is 0 Å². The molecule has 2 aromatic rings. The third-order valence-electron chi connectivity index (χ3n) is 3.72. The summed E-state index contributed by atoms with van der Waals surface area (Å²) in [5.41, 5.74) is 3.15. The smallest absolute Gasteiger partial charge is 0.322 e. The molecular weight excluding hydrogens is 322 g/mol. The van der Waals surface area contributed by atoms with Crippen molar-refractivity contribution < 1.29 is 13.2 Å². The molecule has 3 rings (SSSR count). The number of nitrogens with one attached hydrogen (secondary N) is 1. The van der Waals surface area contributed by atoms with E-state index in [0.717, 1.165) is 5.56 Å². The van der Waals surface area contributed by atoms with Gasteiger partial charge < -0.3 is 5.32 Å². The number of carbonyl (C=O) groups is 1. The van der Waals surface area contributed by atoms with Crippen molar-refractivity contribution in [3.63, 3.8) is 0 Å². The molecule has 116 valence electrons. The van der Waals surface area contributed by atoms with E-state index in [2.05, 4.69) is 5.32 Å². The van der Waals surface area contributed by atoms with Crippen LogP contribution in [0.2, 0.25) is 0 Å². The van der Waals surface area contributed by atoms with Crippen LogP contribution in [0.4, 0.5) is 17.1 Å². The van der Waals surface area contributed by atoms with Gasteiger partial charge in [0.2, 0.25) is 0 Å². The molecule has 0 radical (unpaired) electrons. The van der Waals surface area contributed by atoms with E-state index in [4.69, 9.17) is 0 Å². The van der Waals surface area contributed by atoms with Gasteiger partial charge in [0, 0.05) is 25.2 Å². The number of thiophene rings is 1. The molecule has 6 nitrogen and oxygen atoms in total. The summed E-state index contributed by atoms with van der Waals surface area (Å²) in [5.74, 6) is -0.207. The lowest BCUT2D eigenvalue weighted by atomic mass is 10.1. The number of hydrogen-bond acceptors (Lipinski definition) is 4. The first kappa shape index (κ1) is 14.9. The second-order valence-electron chi connectivity index (χ2n) is 5.06. The van der Waals surface area contributed by atoms with E-state index in [1.165, 1.54) is 34.0 Å². The van der Waals surface area contributed by atoms with E-state index in [1.807, 2.05) is 12.3 Å². The minimum Gasteiger partial charge on any atom is -0.322 e. The highest BCUT2D eigenvalue weighted by atomic mass is 32.2. The van der Waals surface area contributed by atoms with Crippen molar-refractivity contribution in [2.75, 3.05) is 28.0 Å². The fourth-order valence-corrected chi connectivity index (χ4v) is 4.13. The maximum Gasteiger partial charge on any atom is 0.326 e. The lowest BCUT2D eigenvalue weighted by Crippen LogP contribution is -2.32. The second kappa shape index (κ2) is 4.99. The van der Waals surface area contributed by atoms with Gasteiger partial charge in [-0.25, -0.2) is 0 Å². The van der Waals surface area contributed by atoms with E-state index < -0.39 is 10.2 Å². The van der Waals surface area contributed by atoms with E-state index in [1.54, 1.807) is 23.6 Å². The molecule has 22 heavy (non-hydrogen) atoms. The average molecular weight is 337 g/mol. The van der Waals surface area contributed by atoms with Crippen LogP contribution in [0.25, 0.3) is 0 Å². The fraction of sp³-hybridized carbons (Fsp3) is 0.214. The molecule has 1 amide bonds. The molecule has 1 aliphatic rings. The van der Waals surface area contributed by atoms with Gasteiger partial charge in [-0.05, 0) is 36.1 Å². The van der Waals surface area contributed by atoms with Crippen molar-refractivity contribution in [3.05, 3.63) is 40.1 Å². The first-order valence-corrected chi connectivity index (χ1v) is 8.87. The quantitative estimate of drug-likeness (QED) is 0.915. The molecule has 0 saturated heterocycles. The van der Waals surface area contributed by atoms with Gasteiger partial charge in [-0.2, -0.15) is 19.8 Å². The SMILES string of the molecule is Cc1cc2c(cc1NC(=O)c1ccsc1)N(C)S(=O)(=O)N2C. The number of benzene rings is 1. The lowest BCUT2D eigenvalue weighted by Gasteiger charge is -2.13. The molecule has 0 unspecified atom stereocenters. The molecule has 8 heteroatoms. The fourth-order valence-electron chi connectivity index (χ4n) is 2.34. The molecule has 1 aromatic heterocycles. The maximum atomic E-state index is 12.2. The molecule has 0 bridgehead atoms. The van der Waals surface area contributed by atoms with Crippen LogP contribution in [-0.2, 0) is 10.2 Å². The van der Waals surface area contributed by atoms with Crippen LogP contribution in [0.1, 0.15) is 15.9 Å². The van der Waals surface area contributed by atoms with E-state index in [-0.39, 0.29) is 5.91 Å². The van der Waals surface area contributed by atoms with Crippen molar-refractivity contribution in [3.8, 4) is 0 Å². The summed E-state index contributed by atoms with van der Waals surface area (Å²) in [6.45, 7) is 1.84. The minimum atomic E-state index is -3.51. The van der Waals surface area contributed by atoms with Crippen LogP contribution in [-0.4, -0.2) is 28.4 Å². The van der Waals surface area contributed by atoms with Crippen LogP contribution in [0.3, 0.4) is 0 Å². The Morgan fingerprint density at radius 1 is 1.18 bits per heavy atom. The number of nitrogens with zero attached hydrogens (tertiary/aromatic N) is 2. The van der Waals surface area contributed by atoms with Gasteiger partial charge in [-0.15, -0.1) is 0 Å². The Balaban J connectivity index is 2.00. The number of amides is 1. The van der Waals surface area contributed by atoms with Gasteiger partial charge in [0.05, 0.1) is 16.9 Å². The molecule has 0 spiro atoms. The van der Waals surface area contributed by atoms with Gasteiger partial charge in [-0.1, -0.05) is 0 Å². The molecule has 1 aromatic carbocycles. The highest BCUT2D eigenvalue weighted by Gasteiger charge is 2.36. The lowest BCUT2D eigenvalue weighted by molar-refractivity contribution is 0.102. The van der Waals surface area contributed by atoms with E-state index in [0.29, 0.717) is 22.6 Å². The summed E-state index contributed by atoms with van der Waals surface area (Å²) in [6.07, 6.45) is 0. The first-order chi connectivity index (χ1) is 10.3. The third-order valence-corrected chi connectivity index (χ3v) is 6.18. The zero-order valence-electron chi connectivity index (χ0n) is 12.3. The van der Waals surface area contributed by atoms with Crippen molar-refractivity contribution in [2.45, 2.75) is 6.92 Å². The zero-order valence-corrected chi connectivity index (χ0v) is 14.0. The molecule has 0 fully saturated rings. The van der Waals surface area contributed by atoms with Crippen LogP contribution in [0.15, 0.2) is 29.0 Å². The predicted octanol–water partition coefficient (Wildman–Crippen LogP) is 2.44. The van der Waals surface area contributed by atoms with Gasteiger partial charge in [-0.3, -0.25) is 13.4 Å². The number of hydrogen-bond donors (Lipinski definition) is 1. The number of carbonyl (C=O) groups excluding carboxylic acids is 1. The zero-order chi connectivity index (χ0) is 16.1. The summed E-state index contributed by atoms with van der Waals surface area (Å²) in [6, 6.07) is 5.20. The van der Waals surface area contributed by atoms with Gasteiger partial charge in [0.15, 0.2) is 0 Å². The van der Waals surface area contributed by atoms with Gasteiger partial charge in [0.1, 0.15) is 0 Å². The van der Waals surface area contributed by atoms with Gasteiger partial charge >= 0.3 is 10.2 Å². The topological polar surface area (TPSA) is 69.7 Å². The minimum absolute atomic E-state index is 0.207. The Kier molecular flexibility index (Phi) is 3.37. The Hall–Kier alpha value is -2.06. The third kappa shape index (κ3) is 2.15. The molecule has 0 atom stereocenters. The summed E-state index contributed by atoms with van der Waals surface area (Å²) in [5, 5.41) is 6.43. The first-order valence-electron chi connectivity index (χ1n) is 6.53. The monoisotopic (exact) mass is 337 g/mol. The molecule has 1 N–H and O–H groups in total. The Morgan fingerprint density at radius 2 is 1.82 bits per heavy atom. The van der Waals surface area contributed by atoms with Crippen LogP contribution < -0.4 is 13.9 Å². The average Bonchev–Trinajstić information content (AvgIpc) is 3.05. The summed E-state index contributed by atoms with van der Waals surface area (Å²) in [7, 11) is -0.500. The standard InChI is InChI=1S/C14H15N3O3S2/c1-9-6-12-13(17(3)22(19,20)16(12)2)7-11(9)15-14(18)10-4-5-21-8-10/h4-8H,1-3H3,(H,15,18). The Morgan fingerprint density at radius 3 is 2.41 bits per heavy atom. The van der Waals surface area contributed by atoms with Crippen molar-refractivity contribution in [1.29, 1.82) is 0 Å².